The summed E-state index contributed by atoms with van der Waals surface area (Å²) in [6.07, 6.45) is 5.25. The van der Waals surface area contributed by atoms with Gasteiger partial charge in [0.2, 0.25) is 0 Å². The van der Waals surface area contributed by atoms with E-state index in [-0.39, 0.29) is 24.8 Å². The highest BCUT2D eigenvalue weighted by molar-refractivity contribution is 6.05. The van der Waals surface area contributed by atoms with E-state index in [4.69, 9.17) is 0 Å². The number of nitrogens with one attached hydrogen (secondary N) is 2. The molecule has 5 rings (SSSR count). The fraction of sp³-hybridized carbons (Fsp3) is 0.519. The second kappa shape index (κ2) is 10.2. The molecule has 0 atom stereocenters. The van der Waals surface area contributed by atoms with E-state index in [1.165, 1.54) is 0 Å². The van der Waals surface area contributed by atoms with Crippen LogP contribution in [0.5, 0.6) is 0 Å². The summed E-state index contributed by atoms with van der Waals surface area (Å²) in [6.45, 7) is 7.72. The molecule has 0 bridgehead atoms. The van der Waals surface area contributed by atoms with Crippen molar-refractivity contribution in [1.29, 1.82) is 0 Å². The van der Waals surface area contributed by atoms with Gasteiger partial charge in [0.05, 0.1) is 5.52 Å². The Hall–Kier alpha value is -2.91. The van der Waals surface area contributed by atoms with Gasteiger partial charge in [0.25, 0.3) is 11.8 Å². The summed E-state index contributed by atoms with van der Waals surface area (Å²) >= 11 is 0. The summed E-state index contributed by atoms with van der Waals surface area (Å²) in [5.74, 6) is -2.71. The summed E-state index contributed by atoms with van der Waals surface area (Å²) < 4.78 is 27.0. The van der Waals surface area contributed by atoms with Crippen molar-refractivity contribution in [2.75, 3.05) is 26.2 Å². The fourth-order valence-corrected chi connectivity index (χ4v) is 5.21. The zero-order chi connectivity index (χ0) is 25.3. The largest absolute Gasteiger partial charge is 0.348 e. The van der Waals surface area contributed by atoms with Gasteiger partial charge >= 0.3 is 0 Å². The molecule has 2 aliphatic rings. The highest BCUT2D eigenvalue weighted by Crippen LogP contribution is 2.29. The third-order valence-electron chi connectivity index (χ3n) is 7.49. The molecule has 0 radical (unpaired) electrons. The van der Waals surface area contributed by atoms with E-state index in [0.29, 0.717) is 31.4 Å². The highest BCUT2D eigenvalue weighted by atomic mass is 19.3. The molecule has 0 aliphatic carbocycles. The number of benzene rings is 1. The number of alkyl halides is 2. The molecule has 192 valence electrons. The minimum atomic E-state index is -2.55. The van der Waals surface area contributed by atoms with Crippen LogP contribution in [0.25, 0.3) is 22.0 Å². The van der Waals surface area contributed by atoms with Gasteiger partial charge in [0.1, 0.15) is 0 Å². The number of hydrogen-bond donors (Lipinski definition) is 2. The summed E-state index contributed by atoms with van der Waals surface area (Å²) in [6, 6.07) is 8.59. The number of aromatic nitrogens is 3. The molecule has 2 saturated heterocycles. The summed E-state index contributed by atoms with van der Waals surface area (Å²) in [5.41, 5.74) is 4.04. The van der Waals surface area contributed by atoms with Crippen molar-refractivity contribution in [1.82, 2.24) is 30.3 Å². The van der Waals surface area contributed by atoms with Crippen LogP contribution < -0.4 is 5.32 Å². The lowest BCUT2D eigenvalue weighted by Crippen LogP contribution is -2.46. The van der Waals surface area contributed by atoms with Gasteiger partial charge in [-0.15, -0.1) is 0 Å². The van der Waals surface area contributed by atoms with Crippen LogP contribution in [0.2, 0.25) is 0 Å². The quantitative estimate of drug-likeness (QED) is 0.527. The number of hydrogen-bond acceptors (Lipinski definition) is 5. The number of carbonyl (C=O) groups excluding carboxylic acids is 1. The maximum Gasteiger partial charge on any atom is 0.272 e. The smallest absolute Gasteiger partial charge is 0.272 e. The maximum atomic E-state index is 13.5. The minimum Gasteiger partial charge on any atom is -0.348 e. The number of carbonyl (C=O) groups is 1. The van der Waals surface area contributed by atoms with Gasteiger partial charge in [-0.3, -0.25) is 19.8 Å². The van der Waals surface area contributed by atoms with E-state index in [1.807, 2.05) is 29.2 Å². The normalized spacial score (nSPS) is 19.7. The molecule has 4 heterocycles. The number of pyridine rings is 1. The van der Waals surface area contributed by atoms with E-state index in [1.54, 1.807) is 12.4 Å². The van der Waals surface area contributed by atoms with Crippen LogP contribution in [0.1, 0.15) is 55.6 Å². The Morgan fingerprint density at radius 2 is 1.86 bits per heavy atom. The second-order valence-corrected chi connectivity index (χ2v) is 10.4. The van der Waals surface area contributed by atoms with Gasteiger partial charge in [-0.05, 0) is 56.0 Å². The topological polar surface area (TPSA) is 77.1 Å². The summed E-state index contributed by atoms with van der Waals surface area (Å²) in [4.78, 5) is 22.0. The van der Waals surface area contributed by atoms with Crippen LogP contribution in [0.3, 0.4) is 0 Å². The molecule has 1 amide bonds. The van der Waals surface area contributed by atoms with Gasteiger partial charge in [0.15, 0.2) is 5.69 Å². The summed E-state index contributed by atoms with van der Waals surface area (Å²) in [5, 5.41) is 11.2. The SMILES string of the molecule is CC(C)N1CCC(NC(=O)c2n[nH]c3ccc(-c4cncc(CN5CCC(F)(F)CC5)c4)cc23)CC1. The van der Waals surface area contributed by atoms with Crippen LogP contribution >= 0.6 is 0 Å². The Kier molecular flexibility index (Phi) is 7.03. The lowest BCUT2D eigenvalue weighted by atomic mass is 10.0. The number of piperidine rings is 2. The van der Waals surface area contributed by atoms with Crippen molar-refractivity contribution in [3.8, 4) is 11.1 Å². The molecule has 0 unspecified atom stereocenters. The molecular formula is C27H34F2N6O. The van der Waals surface area contributed by atoms with Gasteiger partial charge in [-0.2, -0.15) is 5.10 Å². The maximum absolute atomic E-state index is 13.5. The number of fused-ring (bicyclic) bond motifs is 1. The van der Waals surface area contributed by atoms with E-state index < -0.39 is 5.92 Å². The first-order valence-corrected chi connectivity index (χ1v) is 12.8. The number of rotatable bonds is 6. The van der Waals surface area contributed by atoms with Gasteiger partial charge < -0.3 is 10.2 Å². The third kappa shape index (κ3) is 5.57. The van der Waals surface area contributed by atoms with E-state index in [2.05, 4.69) is 39.2 Å². The van der Waals surface area contributed by atoms with Crippen molar-refractivity contribution in [2.45, 2.75) is 64.1 Å². The number of nitrogens with zero attached hydrogens (tertiary/aromatic N) is 4. The van der Waals surface area contributed by atoms with Gasteiger partial charge in [0, 0.05) is 81.0 Å². The van der Waals surface area contributed by atoms with Gasteiger partial charge in [-0.1, -0.05) is 6.07 Å². The Bertz CT molecular complexity index is 1210. The number of likely N-dealkylation sites (tertiary alicyclic amines) is 2. The average molecular weight is 497 g/mol. The van der Waals surface area contributed by atoms with E-state index in [9.17, 15) is 13.6 Å². The monoisotopic (exact) mass is 496 g/mol. The standard InChI is InChI=1S/C27H34F2N6O/c1-18(2)35-9-5-22(6-10-35)31-26(36)25-23-14-20(3-4-24(23)32-33-25)21-13-19(15-30-16-21)17-34-11-7-27(28,29)8-12-34/h3-4,13-16,18,22H,5-12,17H2,1-2H3,(H,31,36)(H,32,33). The number of H-pyrrole nitrogens is 1. The first-order chi connectivity index (χ1) is 17.3. The zero-order valence-electron chi connectivity index (χ0n) is 20.9. The van der Waals surface area contributed by atoms with Crippen LogP contribution in [-0.2, 0) is 6.54 Å². The average Bonchev–Trinajstić information content (AvgIpc) is 3.29. The van der Waals surface area contributed by atoms with E-state index in [0.717, 1.165) is 53.5 Å². The molecule has 2 fully saturated rings. The lowest BCUT2D eigenvalue weighted by molar-refractivity contribution is -0.0566. The van der Waals surface area contributed by atoms with Crippen molar-refractivity contribution < 1.29 is 13.6 Å². The van der Waals surface area contributed by atoms with Crippen LogP contribution in [0, 0.1) is 0 Å². The van der Waals surface area contributed by atoms with Crippen LogP contribution in [-0.4, -0.2) is 75.1 Å². The number of amides is 1. The molecule has 2 N–H and O–H groups in total. The molecule has 2 aliphatic heterocycles. The van der Waals surface area contributed by atoms with Crippen LogP contribution in [0.4, 0.5) is 8.78 Å². The number of halogens is 2. The fourth-order valence-electron chi connectivity index (χ4n) is 5.21. The van der Waals surface area contributed by atoms with Crippen molar-refractivity contribution in [3.05, 3.63) is 47.9 Å². The molecule has 2 aromatic heterocycles. The molecule has 36 heavy (non-hydrogen) atoms. The molecule has 9 heteroatoms. The van der Waals surface area contributed by atoms with Crippen molar-refractivity contribution >= 4 is 16.8 Å². The van der Waals surface area contributed by atoms with Gasteiger partial charge in [-0.25, -0.2) is 8.78 Å². The molecule has 0 saturated carbocycles. The van der Waals surface area contributed by atoms with E-state index >= 15 is 0 Å². The number of aromatic amines is 1. The first kappa shape index (κ1) is 24.8. The lowest BCUT2D eigenvalue weighted by Gasteiger charge is -2.34. The third-order valence-corrected chi connectivity index (χ3v) is 7.49. The first-order valence-electron chi connectivity index (χ1n) is 12.8. The Labute approximate surface area is 210 Å². The van der Waals surface area contributed by atoms with Crippen molar-refractivity contribution in [2.24, 2.45) is 0 Å². The molecule has 1 aromatic carbocycles. The summed E-state index contributed by atoms with van der Waals surface area (Å²) in [7, 11) is 0. The van der Waals surface area contributed by atoms with Crippen molar-refractivity contribution in [3.63, 3.8) is 0 Å². The molecule has 7 nitrogen and oxygen atoms in total. The second-order valence-electron chi connectivity index (χ2n) is 10.4. The minimum absolute atomic E-state index is 0.0983. The van der Waals surface area contributed by atoms with Crippen LogP contribution in [0.15, 0.2) is 36.7 Å². The Balaban J connectivity index is 1.29. The predicted molar refractivity (Wildman–Crippen MR) is 136 cm³/mol. The Morgan fingerprint density at radius 3 is 2.58 bits per heavy atom. The predicted octanol–water partition coefficient (Wildman–Crippen LogP) is 4.46. The molecule has 3 aromatic rings. The molecular weight excluding hydrogens is 462 g/mol. The zero-order valence-corrected chi connectivity index (χ0v) is 20.9. The highest BCUT2D eigenvalue weighted by Gasteiger charge is 2.33. The molecule has 0 spiro atoms. The Morgan fingerprint density at radius 1 is 1.11 bits per heavy atom.